The van der Waals surface area contributed by atoms with Crippen molar-refractivity contribution in [1.82, 2.24) is 4.72 Å². The van der Waals surface area contributed by atoms with Gasteiger partial charge in [-0.15, -0.1) is 11.3 Å². The Balaban J connectivity index is 2.08. The Labute approximate surface area is 126 Å². The highest BCUT2D eigenvalue weighted by molar-refractivity contribution is 7.89. The first-order valence-electron chi connectivity index (χ1n) is 6.00. The molecule has 2 N–H and O–H groups in total. The summed E-state index contributed by atoms with van der Waals surface area (Å²) >= 11 is 1.48. The number of rotatable bonds is 6. The first-order chi connectivity index (χ1) is 9.97. The molecule has 0 bridgehead atoms. The van der Waals surface area contributed by atoms with Crippen LogP contribution in [-0.4, -0.2) is 19.5 Å². The van der Waals surface area contributed by atoms with E-state index in [-0.39, 0.29) is 11.4 Å². The van der Waals surface area contributed by atoms with E-state index in [2.05, 4.69) is 4.72 Å². The molecule has 110 valence electrons. The summed E-state index contributed by atoms with van der Waals surface area (Å²) in [5.41, 5.74) is 0.620. The zero-order chi connectivity index (χ0) is 15.3. The van der Waals surface area contributed by atoms with Crippen molar-refractivity contribution in [2.24, 2.45) is 0 Å². The fourth-order valence-corrected chi connectivity index (χ4v) is 3.33. The SMILES string of the molecule is O=C(O)/C=C/c1ccc(S(=O)(=O)NCc2cccs2)cc1. The molecule has 0 aliphatic heterocycles. The summed E-state index contributed by atoms with van der Waals surface area (Å²) in [5, 5.41) is 10.4. The van der Waals surface area contributed by atoms with E-state index in [0.29, 0.717) is 5.56 Å². The van der Waals surface area contributed by atoms with Crippen LogP contribution in [-0.2, 0) is 21.4 Å². The minimum Gasteiger partial charge on any atom is -0.478 e. The fraction of sp³-hybridized carbons (Fsp3) is 0.0714. The number of nitrogens with one attached hydrogen (secondary N) is 1. The maximum atomic E-state index is 12.1. The number of hydrogen-bond donors (Lipinski definition) is 2. The van der Waals surface area contributed by atoms with Gasteiger partial charge in [0.15, 0.2) is 0 Å². The molecule has 2 aromatic rings. The van der Waals surface area contributed by atoms with Crippen LogP contribution in [0.25, 0.3) is 6.08 Å². The third-order valence-electron chi connectivity index (χ3n) is 2.63. The summed E-state index contributed by atoms with van der Waals surface area (Å²) < 4.78 is 26.7. The van der Waals surface area contributed by atoms with Crippen LogP contribution in [0.15, 0.2) is 52.7 Å². The highest BCUT2D eigenvalue weighted by Gasteiger charge is 2.13. The molecule has 1 heterocycles. The highest BCUT2D eigenvalue weighted by atomic mass is 32.2. The number of carboxylic acids is 1. The van der Waals surface area contributed by atoms with E-state index in [0.717, 1.165) is 11.0 Å². The van der Waals surface area contributed by atoms with Crippen LogP contribution in [0.4, 0.5) is 0 Å². The van der Waals surface area contributed by atoms with Crippen LogP contribution < -0.4 is 4.72 Å². The lowest BCUT2D eigenvalue weighted by atomic mass is 10.2. The molecule has 0 unspecified atom stereocenters. The van der Waals surface area contributed by atoms with Crippen LogP contribution in [0.2, 0.25) is 0 Å². The van der Waals surface area contributed by atoms with Gasteiger partial charge in [-0.3, -0.25) is 0 Å². The van der Waals surface area contributed by atoms with Gasteiger partial charge >= 0.3 is 5.97 Å². The van der Waals surface area contributed by atoms with Crippen molar-refractivity contribution in [2.45, 2.75) is 11.4 Å². The van der Waals surface area contributed by atoms with Crippen LogP contribution in [0.5, 0.6) is 0 Å². The molecule has 1 aromatic heterocycles. The lowest BCUT2D eigenvalue weighted by Crippen LogP contribution is -2.22. The third-order valence-corrected chi connectivity index (χ3v) is 4.92. The second-order valence-corrected chi connectivity index (χ2v) is 6.94. The summed E-state index contributed by atoms with van der Waals surface area (Å²) in [6.07, 6.45) is 2.40. The molecule has 0 saturated carbocycles. The van der Waals surface area contributed by atoms with E-state index in [1.54, 1.807) is 12.1 Å². The molecule has 0 saturated heterocycles. The molecule has 7 heteroatoms. The van der Waals surface area contributed by atoms with Gasteiger partial charge in [-0.1, -0.05) is 18.2 Å². The summed E-state index contributed by atoms with van der Waals surface area (Å²) in [4.78, 5) is 11.5. The number of thiophene rings is 1. The van der Waals surface area contributed by atoms with Crippen LogP contribution in [0, 0.1) is 0 Å². The van der Waals surface area contributed by atoms with Gasteiger partial charge in [0.2, 0.25) is 10.0 Å². The molecule has 0 atom stereocenters. The molecule has 0 aliphatic rings. The second kappa shape index (κ2) is 6.66. The molecule has 0 spiro atoms. The van der Waals surface area contributed by atoms with Gasteiger partial charge in [0.05, 0.1) is 4.90 Å². The minimum atomic E-state index is -3.57. The number of benzene rings is 1. The zero-order valence-corrected chi connectivity index (χ0v) is 12.5. The molecule has 0 amide bonds. The minimum absolute atomic E-state index is 0.145. The van der Waals surface area contributed by atoms with E-state index in [1.807, 2.05) is 17.5 Å². The van der Waals surface area contributed by atoms with E-state index < -0.39 is 16.0 Å². The number of aliphatic carboxylic acids is 1. The smallest absolute Gasteiger partial charge is 0.328 e. The highest BCUT2D eigenvalue weighted by Crippen LogP contribution is 2.14. The Morgan fingerprint density at radius 3 is 2.52 bits per heavy atom. The number of carboxylic acid groups (broad SMARTS) is 1. The summed E-state index contributed by atoms with van der Waals surface area (Å²) in [6, 6.07) is 9.71. The van der Waals surface area contributed by atoms with Gasteiger partial charge in [0, 0.05) is 17.5 Å². The van der Waals surface area contributed by atoms with Crippen molar-refractivity contribution in [3.63, 3.8) is 0 Å². The van der Waals surface area contributed by atoms with Crippen molar-refractivity contribution in [2.75, 3.05) is 0 Å². The summed E-state index contributed by atoms with van der Waals surface area (Å²) in [5.74, 6) is -1.05. The van der Waals surface area contributed by atoms with Crippen LogP contribution in [0.1, 0.15) is 10.4 Å². The Hall–Kier alpha value is -1.96. The van der Waals surface area contributed by atoms with Crippen molar-refractivity contribution < 1.29 is 18.3 Å². The zero-order valence-electron chi connectivity index (χ0n) is 10.9. The van der Waals surface area contributed by atoms with Crippen molar-refractivity contribution in [3.05, 3.63) is 58.3 Å². The average Bonchev–Trinajstić information content (AvgIpc) is 2.97. The van der Waals surface area contributed by atoms with E-state index in [4.69, 9.17) is 5.11 Å². The molecule has 0 aliphatic carbocycles. The Morgan fingerprint density at radius 2 is 1.95 bits per heavy atom. The predicted molar refractivity (Wildman–Crippen MR) is 81.5 cm³/mol. The molecule has 1 aromatic carbocycles. The van der Waals surface area contributed by atoms with Gasteiger partial charge < -0.3 is 5.11 Å². The van der Waals surface area contributed by atoms with Gasteiger partial charge in [0.25, 0.3) is 0 Å². The lowest BCUT2D eigenvalue weighted by Gasteiger charge is -2.06. The topological polar surface area (TPSA) is 83.5 Å². The quantitative estimate of drug-likeness (QED) is 0.799. The van der Waals surface area contributed by atoms with Crippen LogP contribution in [0.3, 0.4) is 0 Å². The molecule has 21 heavy (non-hydrogen) atoms. The maximum absolute atomic E-state index is 12.1. The van der Waals surface area contributed by atoms with E-state index >= 15 is 0 Å². The van der Waals surface area contributed by atoms with Crippen molar-refractivity contribution >= 4 is 33.4 Å². The van der Waals surface area contributed by atoms with Gasteiger partial charge in [-0.2, -0.15) is 0 Å². The second-order valence-electron chi connectivity index (χ2n) is 4.14. The van der Waals surface area contributed by atoms with Gasteiger partial charge in [-0.25, -0.2) is 17.9 Å². The Bertz CT molecular complexity index is 732. The summed E-state index contributed by atoms with van der Waals surface area (Å²) in [7, 11) is -3.57. The standard InChI is InChI=1S/C14H13NO4S2/c16-14(17)8-5-11-3-6-13(7-4-11)21(18,19)15-10-12-2-1-9-20-12/h1-9,15H,10H2,(H,16,17)/b8-5+. The van der Waals surface area contributed by atoms with E-state index in [9.17, 15) is 13.2 Å². The predicted octanol–water partition coefficient (Wildman–Crippen LogP) is 2.32. The fourth-order valence-electron chi connectivity index (χ4n) is 1.59. The molecular weight excluding hydrogens is 310 g/mol. The molecular formula is C14H13NO4S2. The lowest BCUT2D eigenvalue weighted by molar-refractivity contribution is -0.131. The first-order valence-corrected chi connectivity index (χ1v) is 8.37. The van der Waals surface area contributed by atoms with E-state index in [1.165, 1.54) is 29.5 Å². The number of carbonyl (C=O) groups is 1. The number of sulfonamides is 1. The largest absolute Gasteiger partial charge is 0.478 e. The Morgan fingerprint density at radius 1 is 1.24 bits per heavy atom. The van der Waals surface area contributed by atoms with Crippen molar-refractivity contribution in [3.8, 4) is 0 Å². The van der Waals surface area contributed by atoms with Crippen molar-refractivity contribution in [1.29, 1.82) is 0 Å². The van der Waals surface area contributed by atoms with Crippen LogP contribution >= 0.6 is 11.3 Å². The molecule has 2 rings (SSSR count). The third kappa shape index (κ3) is 4.52. The maximum Gasteiger partial charge on any atom is 0.328 e. The first kappa shape index (κ1) is 15.4. The summed E-state index contributed by atoms with van der Waals surface area (Å²) in [6.45, 7) is 0.251. The monoisotopic (exact) mass is 323 g/mol. The normalized spacial score (nSPS) is 11.8. The average molecular weight is 323 g/mol. The number of hydrogen-bond acceptors (Lipinski definition) is 4. The molecule has 0 radical (unpaired) electrons. The molecule has 5 nitrogen and oxygen atoms in total. The van der Waals surface area contributed by atoms with Gasteiger partial charge in [-0.05, 0) is 35.2 Å². The Kier molecular flexibility index (Phi) is 4.89. The molecule has 0 fully saturated rings. The van der Waals surface area contributed by atoms with Gasteiger partial charge in [0.1, 0.15) is 0 Å².